The number of carbonyl (C=O) groups excluding carboxylic acids is 1. The van der Waals surface area contributed by atoms with Crippen molar-refractivity contribution in [3.05, 3.63) is 35.1 Å². The van der Waals surface area contributed by atoms with Crippen molar-refractivity contribution in [1.29, 1.82) is 0 Å². The molecule has 1 saturated heterocycles. The van der Waals surface area contributed by atoms with Crippen molar-refractivity contribution in [2.75, 3.05) is 37.7 Å². The van der Waals surface area contributed by atoms with Gasteiger partial charge in [-0.05, 0) is 18.6 Å². The molecule has 104 valence electrons. The minimum atomic E-state index is -0.422. The molecule has 0 aliphatic carbocycles. The summed E-state index contributed by atoms with van der Waals surface area (Å²) in [6.45, 7) is 5.20. The van der Waals surface area contributed by atoms with E-state index in [1.165, 1.54) is 6.07 Å². The third-order valence-electron chi connectivity index (χ3n) is 3.25. The monoisotopic (exact) mass is 282 g/mol. The molecular weight excluding hydrogens is 263 g/mol. The van der Waals surface area contributed by atoms with E-state index >= 15 is 0 Å². The molecule has 0 aromatic heterocycles. The molecule has 3 nitrogen and oxygen atoms in total. The molecule has 1 fully saturated rings. The predicted octanol–water partition coefficient (Wildman–Crippen LogP) is 1.91. The molecule has 19 heavy (non-hydrogen) atoms. The smallest absolute Gasteiger partial charge is 0.254 e. The first-order chi connectivity index (χ1) is 9.18. The normalized spacial score (nSPS) is 16.3. The molecule has 1 N–H and O–H groups in total. The maximum Gasteiger partial charge on any atom is 0.254 e. The molecule has 0 spiro atoms. The zero-order valence-corrected chi connectivity index (χ0v) is 11.9. The highest BCUT2D eigenvalue weighted by Crippen LogP contribution is 2.11. The zero-order chi connectivity index (χ0) is 13.7. The maximum absolute atomic E-state index is 13.8. The quantitative estimate of drug-likeness (QED) is 0.915. The van der Waals surface area contributed by atoms with Gasteiger partial charge in [0.15, 0.2) is 0 Å². The minimum Gasteiger partial charge on any atom is -0.351 e. The molecule has 0 saturated carbocycles. The van der Waals surface area contributed by atoms with E-state index in [0.717, 1.165) is 31.1 Å². The second-order valence-electron chi connectivity index (χ2n) is 4.65. The van der Waals surface area contributed by atoms with E-state index in [0.29, 0.717) is 12.1 Å². The van der Waals surface area contributed by atoms with Crippen LogP contribution in [0.4, 0.5) is 4.39 Å². The van der Waals surface area contributed by atoms with Crippen LogP contribution in [-0.4, -0.2) is 48.5 Å². The van der Waals surface area contributed by atoms with E-state index in [9.17, 15) is 9.18 Å². The lowest BCUT2D eigenvalue weighted by Crippen LogP contribution is -2.39. The van der Waals surface area contributed by atoms with Crippen LogP contribution in [0.5, 0.6) is 0 Å². The second kappa shape index (κ2) is 6.91. The van der Waals surface area contributed by atoms with Crippen molar-refractivity contribution in [1.82, 2.24) is 10.2 Å². The number of carbonyl (C=O) groups is 1. The standard InChI is InChI=1S/C14H19FN2OS/c1-11-3-2-4-12(13(11)15)14(18)16-5-6-17-7-9-19-10-8-17/h2-4H,5-10H2,1H3,(H,16,18). The van der Waals surface area contributed by atoms with Crippen LogP contribution >= 0.6 is 11.8 Å². The van der Waals surface area contributed by atoms with Crippen LogP contribution in [0, 0.1) is 12.7 Å². The van der Waals surface area contributed by atoms with E-state index in [2.05, 4.69) is 10.2 Å². The lowest BCUT2D eigenvalue weighted by Gasteiger charge is -2.26. The Kier molecular flexibility index (Phi) is 5.22. The molecule has 0 bridgehead atoms. The first kappa shape index (κ1) is 14.3. The number of thioether (sulfide) groups is 1. The number of hydrogen-bond donors (Lipinski definition) is 1. The van der Waals surface area contributed by atoms with Gasteiger partial charge in [0.25, 0.3) is 5.91 Å². The van der Waals surface area contributed by atoms with Crippen LogP contribution < -0.4 is 5.32 Å². The number of benzene rings is 1. The number of hydrogen-bond acceptors (Lipinski definition) is 3. The molecule has 2 rings (SSSR count). The lowest BCUT2D eigenvalue weighted by atomic mass is 10.1. The summed E-state index contributed by atoms with van der Waals surface area (Å²) >= 11 is 1.96. The Bertz CT molecular complexity index is 447. The van der Waals surface area contributed by atoms with E-state index in [1.807, 2.05) is 11.8 Å². The Hall–Kier alpha value is -1.07. The van der Waals surface area contributed by atoms with E-state index in [-0.39, 0.29) is 11.5 Å². The summed E-state index contributed by atoms with van der Waals surface area (Å²) in [6.07, 6.45) is 0. The fraction of sp³-hybridized carbons (Fsp3) is 0.500. The summed E-state index contributed by atoms with van der Waals surface area (Å²) in [5, 5.41) is 2.79. The summed E-state index contributed by atoms with van der Waals surface area (Å²) in [7, 11) is 0. The topological polar surface area (TPSA) is 32.3 Å². The minimum absolute atomic E-state index is 0.134. The van der Waals surface area contributed by atoms with Crippen LogP contribution in [0.3, 0.4) is 0 Å². The van der Waals surface area contributed by atoms with Crippen molar-refractivity contribution in [3.8, 4) is 0 Å². The highest BCUT2D eigenvalue weighted by molar-refractivity contribution is 7.99. The van der Waals surface area contributed by atoms with Gasteiger partial charge in [0, 0.05) is 37.7 Å². The van der Waals surface area contributed by atoms with Gasteiger partial charge in [0.05, 0.1) is 5.56 Å². The average molecular weight is 282 g/mol. The van der Waals surface area contributed by atoms with Crippen LogP contribution in [0.2, 0.25) is 0 Å². The Labute approximate surface area is 117 Å². The van der Waals surface area contributed by atoms with Gasteiger partial charge in [-0.3, -0.25) is 9.69 Å². The molecular formula is C14H19FN2OS. The lowest BCUT2D eigenvalue weighted by molar-refractivity contribution is 0.0944. The van der Waals surface area contributed by atoms with E-state index < -0.39 is 5.82 Å². The van der Waals surface area contributed by atoms with E-state index in [1.54, 1.807) is 19.1 Å². The van der Waals surface area contributed by atoms with Gasteiger partial charge in [0.2, 0.25) is 0 Å². The number of amides is 1. The number of rotatable bonds is 4. The summed E-state index contributed by atoms with van der Waals surface area (Å²) in [5.41, 5.74) is 0.634. The number of halogens is 1. The second-order valence-corrected chi connectivity index (χ2v) is 5.87. The van der Waals surface area contributed by atoms with Gasteiger partial charge < -0.3 is 5.32 Å². The maximum atomic E-state index is 13.8. The predicted molar refractivity (Wildman–Crippen MR) is 77.2 cm³/mol. The number of nitrogens with zero attached hydrogens (tertiary/aromatic N) is 1. The van der Waals surface area contributed by atoms with Gasteiger partial charge in [-0.25, -0.2) is 4.39 Å². The highest BCUT2D eigenvalue weighted by Gasteiger charge is 2.14. The van der Waals surface area contributed by atoms with Crippen LogP contribution in [0.1, 0.15) is 15.9 Å². The van der Waals surface area contributed by atoms with Crippen molar-refractivity contribution < 1.29 is 9.18 Å². The van der Waals surface area contributed by atoms with E-state index in [4.69, 9.17) is 0 Å². The van der Waals surface area contributed by atoms with Crippen LogP contribution in [-0.2, 0) is 0 Å². The molecule has 0 radical (unpaired) electrons. The molecule has 1 aliphatic rings. The Morgan fingerprint density at radius 3 is 2.89 bits per heavy atom. The average Bonchev–Trinajstić information content (AvgIpc) is 2.43. The molecule has 5 heteroatoms. The van der Waals surface area contributed by atoms with Gasteiger partial charge in [0.1, 0.15) is 5.82 Å². The van der Waals surface area contributed by atoms with Crippen molar-refractivity contribution in [3.63, 3.8) is 0 Å². The first-order valence-electron chi connectivity index (χ1n) is 6.52. The molecule has 1 heterocycles. The third-order valence-corrected chi connectivity index (χ3v) is 4.20. The SMILES string of the molecule is Cc1cccc(C(=O)NCCN2CCSCC2)c1F. The fourth-order valence-corrected chi connectivity index (χ4v) is 3.05. The molecule has 0 unspecified atom stereocenters. The van der Waals surface area contributed by atoms with Crippen LogP contribution in [0.15, 0.2) is 18.2 Å². The van der Waals surface area contributed by atoms with Gasteiger partial charge in [-0.15, -0.1) is 0 Å². The Balaban J connectivity index is 1.82. The number of nitrogens with one attached hydrogen (secondary N) is 1. The van der Waals surface area contributed by atoms with Gasteiger partial charge in [-0.1, -0.05) is 12.1 Å². The largest absolute Gasteiger partial charge is 0.351 e. The Morgan fingerprint density at radius 2 is 2.16 bits per heavy atom. The fourth-order valence-electron chi connectivity index (χ4n) is 2.07. The molecule has 0 atom stereocenters. The summed E-state index contributed by atoms with van der Waals surface area (Å²) in [4.78, 5) is 14.2. The van der Waals surface area contributed by atoms with Gasteiger partial charge in [-0.2, -0.15) is 11.8 Å². The van der Waals surface area contributed by atoms with Gasteiger partial charge >= 0.3 is 0 Å². The summed E-state index contributed by atoms with van der Waals surface area (Å²) in [6, 6.07) is 4.89. The van der Waals surface area contributed by atoms with Crippen molar-refractivity contribution >= 4 is 17.7 Å². The van der Waals surface area contributed by atoms with Crippen molar-refractivity contribution in [2.24, 2.45) is 0 Å². The first-order valence-corrected chi connectivity index (χ1v) is 7.67. The third kappa shape index (κ3) is 3.94. The van der Waals surface area contributed by atoms with Crippen molar-refractivity contribution in [2.45, 2.75) is 6.92 Å². The molecule has 1 aromatic rings. The zero-order valence-electron chi connectivity index (χ0n) is 11.1. The molecule has 1 aliphatic heterocycles. The number of aryl methyl sites for hydroxylation is 1. The summed E-state index contributed by atoms with van der Waals surface area (Å²) in [5.74, 6) is 1.56. The highest BCUT2D eigenvalue weighted by atomic mass is 32.2. The summed E-state index contributed by atoms with van der Waals surface area (Å²) < 4.78 is 13.8. The molecule has 1 amide bonds. The van der Waals surface area contributed by atoms with Crippen LogP contribution in [0.25, 0.3) is 0 Å². The molecule has 1 aromatic carbocycles. The Morgan fingerprint density at radius 1 is 1.42 bits per heavy atom.